The van der Waals surface area contributed by atoms with Gasteiger partial charge in [0, 0.05) is 18.5 Å². The van der Waals surface area contributed by atoms with Crippen LogP contribution in [0.15, 0.2) is 54.6 Å². The van der Waals surface area contributed by atoms with Crippen LogP contribution in [0.25, 0.3) is 0 Å². The number of benzene rings is 2. The van der Waals surface area contributed by atoms with Gasteiger partial charge in [-0.25, -0.2) is 0 Å². The molecular weight excluding hydrogens is 388 g/mol. The summed E-state index contributed by atoms with van der Waals surface area (Å²) in [7, 11) is 0. The van der Waals surface area contributed by atoms with Crippen LogP contribution in [0.2, 0.25) is 0 Å². The van der Waals surface area contributed by atoms with Crippen molar-refractivity contribution in [3.05, 3.63) is 65.7 Å². The number of fused-ring (bicyclic) bond motifs is 1. The third kappa shape index (κ3) is 4.63. The van der Waals surface area contributed by atoms with E-state index in [1.165, 1.54) is 0 Å². The number of anilines is 1. The summed E-state index contributed by atoms with van der Waals surface area (Å²) in [6.07, 6.45) is -0.787. The first-order chi connectivity index (χ1) is 14.7. The van der Waals surface area contributed by atoms with Gasteiger partial charge in [0.25, 0.3) is 5.91 Å². The molecule has 30 heavy (non-hydrogen) atoms. The largest absolute Gasteiger partial charge is 0.394 e. The first kappa shape index (κ1) is 20.8. The van der Waals surface area contributed by atoms with Gasteiger partial charge in [-0.15, -0.1) is 0 Å². The molecule has 1 amide bonds. The lowest BCUT2D eigenvalue weighted by Gasteiger charge is -2.23. The molecule has 8 heteroatoms. The highest BCUT2D eigenvalue weighted by Crippen LogP contribution is 2.36. The maximum Gasteiger partial charge on any atom is 0.251 e. The second-order valence-corrected chi connectivity index (χ2v) is 7.51. The van der Waals surface area contributed by atoms with Gasteiger partial charge in [-0.3, -0.25) is 15.5 Å². The van der Waals surface area contributed by atoms with Crippen LogP contribution in [0.5, 0.6) is 0 Å². The van der Waals surface area contributed by atoms with E-state index >= 15 is 0 Å². The van der Waals surface area contributed by atoms with E-state index in [-0.39, 0.29) is 36.9 Å². The summed E-state index contributed by atoms with van der Waals surface area (Å²) in [5.41, 5.74) is 4.08. The van der Waals surface area contributed by atoms with Crippen molar-refractivity contribution in [2.45, 2.75) is 43.5 Å². The third-order valence-electron chi connectivity index (χ3n) is 5.48. The SMILES string of the molecule is O=C(NC[C@@H]1C[C@@H]2O[C@H](CO)[C@@H](OCc3ccccc3)[C@@H]2O1)c1ccc(NO)cc1. The van der Waals surface area contributed by atoms with Gasteiger partial charge in [0.2, 0.25) is 0 Å². The van der Waals surface area contributed by atoms with E-state index in [4.69, 9.17) is 19.4 Å². The van der Waals surface area contributed by atoms with Gasteiger partial charge in [0.1, 0.15) is 18.3 Å². The Labute approximate surface area is 174 Å². The zero-order valence-corrected chi connectivity index (χ0v) is 16.4. The van der Waals surface area contributed by atoms with Gasteiger partial charge in [-0.05, 0) is 29.8 Å². The molecule has 0 radical (unpaired) electrons. The first-order valence-electron chi connectivity index (χ1n) is 10.0. The Balaban J connectivity index is 1.30. The minimum atomic E-state index is -0.419. The van der Waals surface area contributed by atoms with E-state index in [0.29, 0.717) is 30.8 Å². The molecule has 0 aromatic heterocycles. The second kappa shape index (κ2) is 9.55. The molecule has 2 heterocycles. The number of hydrogen-bond acceptors (Lipinski definition) is 7. The molecule has 2 aromatic rings. The number of nitrogens with one attached hydrogen (secondary N) is 2. The summed E-state index contributed by atoms with van der Waals surface area (Å²) in [4.78, 5) is 12.3. The third-order valence-corrected chi connectivity index (χ3v) is 5.48. The van der Waals surface area contributed by atoms with Crippen molar-refractivity contribution in [3.63, 3.8) is 0 Å². The normalized spacial score (nSPS) is 27.6. The highest BCUT2D eigenvalue weighted by molar-refractivity contribution is 5.94. The summed E-state index contributed by atoms with van der Waals surface area (Å²) in [6, 6.07) is 16.3. The molecule has 0 aliphatic carbocycles. The van der Waals surface area contributed by atoms with Crippen LogP contribution in [0.4, 0.5) is 5.69 Å². The highest BCUT2D eigenvalue weighted by atomic mass is 16.6. The minimum Gasteiger partial charge on any atom is -0.394 e. The zero-order chi connectivity index (χ0) is 20.9. The highest BCUT2D eigenvalue weighted by Gasteiger charge is 2.51. The number of ether oxygens (including phenoxy) is 3. The lowest BCUT2D eigenvalue weighted by atomic mass is 10.1. The van der Waals surface area contributed by atoms with Crippen LogP contribution in [0.3, 0.4) is 0 Å². The zero-order valence-electron chi connectivity index (χ0n) is 16.4. The fraction of sp³-hybridized carbons (Fsp3) is 0.409. The molecule has 5 atom stereocenters. The van der Waals surface area contributed by atoms with E-state index < -0.39 is 6.10 Å². The van der Waals surface area contributed by atoms with Crippen molar-refractivity contribution in [2.24, 2.45) is 0 Å². The Bertz CT molecular complexity index is 831. The average molecular weight is 414 g/mol. The van der Waals surface area contributed by atoms with Crippen LogP contribution >= 0.6 is 0 Å². The first-order valence-corrected chi connectivity index (χ1v) is 10.0. The molecule has 2 fully saturated rings. The standard InChI is InChI=1S/C22H26N2O6/c25-12-19-20(28-13-14-4-2-1-3-5-14)21-18(30-19)10-17(29-21)11-23-22(26)15-6-8-16(24-27)9-7-15/h1-9,17-21,24-25,27H,10-13H2,(H,23,26)/t17-,18-,19+,20+,21+/m0/s1. The molecule has 160 valence electrons. The van der Waals surface area contributed by atoms with Crippen molar-refractivity contribution in [1.29, 1.82) is 0 Å². The molecule has 0 unspecified atom stereocenters. The van der Waals surface area contributed by atoms with E-state index in [0.717, 1.165) is 5.56 Å². The van der Waals surface area contributed by atoms with Gasteiger partial charge < -0.3 is 24.6 Å². The van der Waals surface area contributed by atoms with E-state index in [9.17, 15) is 9.90 Å². The molecule has 2 aliphatic heterocycles. The van der Waals surface area contributed by atoms with E-state index in [1.54, 1.807) is 24.3 Å². The summed E-state index contributed by atoms with van der Waals surface area (Å²) < 4.78 is 18.1. The molecule has 2 aromatic carbocycles. The molecule has 4 N–H and O–H groups in total. The summed E-state index contributed by atoms with van der Waals surface area (Å²) in [5.74, 6) is -0.217. The molecule has 2 saturated heterocycles. The Morgan fingerprint density at radius 3 is 2.57 bits per heavy atom. The summed E-state index contributed by atoms with van der Waals surface area (Å²) >= 11 is 0. The van der Waals surface area contributed by atoms with Crippen molar-refractivity contribution < 1.29 is 29.3 Å². The second-order valence-electron chi connectivity index (χ2n) is 7.51. The van der Waals surface area contributed by atoms with Gasteiger partial charge in [-0.1, -0.05) is 30.3 Å². The quantitative estimate of drug-likeness (QED) is 0.487. The molecular formula is C22H26N2O6. The Kier molecular flexibility index (Phi) is 6.61. The maximum absolute atomic E-state index is 12.3. The Morgan fingerprint density at radius 1 is 1.10 bits per heavy atom. The number of hydrogen-bond donors (Lipinski definition) is 4. The molecule has 2 aliphatic rings. The lowest BCUT2D eigenvalue weighted by molar-refractivity contribution is -0.0910. The Hall–Kier alpha value is -2.49. The maximum atomic E-state index is 12.3. The molecule has 8 nitrogen and oxygen atoms in total. The van der Waals surface area contributed by atoms with Gasteiger partial charge in [0.15, 0.2) is 0 Å². The fourth-order valence-electron chi connectivity index (χ4n) is 3.95. The summed E-state index contributed by atoms with van der Waals surface area (Å²) in [6.45, 7) is 0.637. The van der Waals surface area contributed by atoms with Crippen molar-refractivity contribution >= 4 is 11.6 Å². The molecule has 0 bridgehead atoms. The van der Waals surface area contributed by atoms with Gasteiger partial charge >= 0.3 is 0 Å². The van der Waals surface area contributed by atoms with Crippen molar-refractivity contribution in [2.75, 3.05) is 18.6 Å². The average Bonchev–Trinajstić information content (AvgIpc) is 3.34. The number of rotatable bonds is 8. The van der Waals surface area contributed by atoms with Crippen LogP contribution < -0.4 is 10.8 Å². The molecule has 0 saturated carbocycles. The van der Waals surface area contributed by atoms with E-state index in [1.807, 2.05) is 35.8 Å². The number of carbonyl (C=O) groups is 1. The van der Waals surface area contributed by atoms with Gasteiger partial charge in [-0.2, -0.15) is 0 Å². The monoisotopic (exact) mass is 414 g/mol. The predicted molar refractivity (Wildman–Crippen MR) is 108 cm³/mol. The number of amides is 1. The lowest BCUT2D eigenvalue weighted by Crippen LogP contribution is -2.38. The summed E-state index contributed by atoms with van der Waals surface area (Å²) in [5, 5.41) is 21.4. The topological polar surface area (TPSA) is 109 Å². The smallest absolute Gasteiger partial charge is 0.251 e. The number of aliphatic hydroxyl groups is 1. The Morgan fingerprint density at radius 2 is 1.87 bits per heavy atom. The van der Waals surface area contributed by atoms with Crippen molar-refractivity contribution in [1.82, 2.24) is 5.32 Å². The van der Waals surface area contributed by atoms with Crippen molar-refractivity contribution in [3.8, 4) is 0 Å². The van der Waals surface area contributed by atoms with Crippen LogP contribution in [-0.2, 0) is 20.8 Å². The van der Waals surface area contributed by atoms with Crippen LogP contribution in [0.1, 0.15) is 22.3 Å². The van der Waals surface area contributed by atoms with Crippen LogP contribution in [0, 0.1) is 0 Å². The predicted octanol–water partition coefficient (Wildman–Crippen LogP) is 1.72. The van der Waals surface area contributed by atoms with Gasteiger partial charge in [0.05, 0.1) is 31.1 Å². The number of aliphatic hydroxyl groups excluding tert-OH is 1. The fourth-order valence-corrected chi connectivity index (χ4v) is 3.95. The molecule has 0 spiro atoms. The van der Waals surface area contributed by atoms with E-state index in [2.05, 4.69) is 5.32 Å². The molecule has 4 rings (SSSR count). The minimum absolute atomic E-state index is 0.129. The van der Waals surface area contributed by atoms with Crippen LogP contribution in [-0.4, -0.2) is 59.9 Å². The number of carbonyl (C=O) groups excluding carboxylic acids is 1.